The number of amides is 1. The Balaban J connectivity index is 1.70. The summed E-state index contributed by atoms with van der Waals surface area (Å²) >= 11 is 1.16. The molecule has 0 aliphatic carbocycles. The second-order valence-electron chi connectivity index (χ2n) is 6.55. The molecule has 0 unspecified atom stereocenters. The largest absolute Gasteiger partial charge is 0.322 e. The number of carbonyl (C=O) groups excluding carboxylic acids is 1. The van der Waals surface area contributed by atoms with Crippen molar-refractivity contribution in [1.29, 1.82) is 0 Å². The molecule has 1 amide bonds. The van der Waals surface area contributed by atoms with Crippen molar-refractivity contribution < 1.29 is 21.6 Å². The number of hydrogen-bond acceptors (Lipinski definition) is 7. The summed E-state index contributed by atoms with van der Waals surface area (Å²) in [6.07, 6.45) is 4.05. The zero-order chi connectivity index (χ0) is 23.4. The van der Waals surface area contributed by atoms with Gasteiger partial charge >= 0.3 is 0 Å². The van der Waals surface area contributed by atoms with Crippen molar-refractivity contribution in [3.8, 4) is 0 Å². The molecule has 3 rings (SSSR count). The smallest absolute Gasteiger partial charge is 0.263 e. The average molecular weight is 493 g/mol. The van der Waals surface area contributed by atoms with Gasteiger partial charge in [-0.05, 0) is 48.5 Å². The Labute approximate surface area is 190 Å². The van der Waals surface area contributed by atoms with Crippen LogP contribution in [0.4, 0.5) is 16.5 Å². The first-order valence-electron chi connectivity index (χ1n) is 9.12. The number of aromatic nitrogens is 1. The molecule has 3 aromatic rings. The van der Waals surface area contributed by atoms with Crippen molar-refractivity contribution in [2.75, 3.05) is 27.1 Å². The van der Waals surface area contributed by atoms with E-state index >= 15 is 0 Å². The van der Waals surface area contributed by atoms with E-state index in [-0.39, 0.29) is 16.6 Å². The molecule has 0 spiro atoms. The lowest BCUT2D eigenvalue weighted by Crippen LogP contribution is -2.29. The summed E-state index contributed by atoms with van der Waals surface area (Å²) in [4.78, 5) is 16.4. The first-order valence-corrected chi connectivity index (χ1v) is 13.3. The van der Waals surface area contributed by atoms with Crippen LogP contribution in [0, 0.1) is 0 Å². The highest BCUT2D eigenvalue weighted by Gasteiger charge is 2.17. The first-order chi connectivity index (χ1) is 15.1. The van der Waals surface area contributed by atoms with Crippen LogP contribution in [0.25, 0.3) is 0 Å². The molecule has 0 bridgehead atoms. The van der Waals surface area contributed by atoms with Gasteiger partial charge in [0.1, 0.15) is 0 Å². The van der Waals surface area contributed by atoms with Crippen LogP contribution in [-0.4, -0.2) is 40.5 Å². The van der Waals surface area contributed by atoms with E-state index < -0.39 is 26.0 Å². The molecule has 0 fully saturated rings. The van der Waals surface area contributed by atoms with E-state index in [1.807, 2.05) is 0 Å². The molecule has 0 saturated carbocycles. The molecular weight excluding hydrogens is 472 g/mol. The fourth-order valence-electron chi connectivity index (χ4n) is 2.70. The van der Waals surface area contributed by atoms with Gasteiger partial charge in [-0.1, -0.05) is 6.08 Å². The van der Waals surface area contributed by atoms with Gasteiger partial charge in [0, 0.05) is 22.8 Å². The number of sulfonamides is 2. The van der Waals surface area contributed by atoms with Crippen LogP contribution < -0.4 is 14.3 Å². The summed E-state index contributed by atoms with van der Waals surface area (Å²) in [6.45, 7) is 3.67. The standard InChI is InChI=1S/C20H20N4O5S3/c1-3-13-24(31(2,26)27)17-8-4-15(5-9-17)19(25)22-16-6-10-18(11-7-16)32(28,29)23-20-21-12-14-30-20/h3-12,14H,1,13H2,2H3,(H,21,23)(H,22,25). The third-order valence-corrected chi connectivity index (χ3v) is 7.52. The van der Waals surface area contributed by atoms with Crippen LogP contribution in [0.2, 0.25) is 0 Å². The minimum Gasteiger partial charge on any atom is -0.322 e. The predicted molar refractivity (Wildman–Crippen MR) is 126 cm³/mol. The Hall–Kier alpha value is -3.22. The van der Waals surface area contributed by atoms with Crippen LogP contribution in [0.5, 0.6) is 0 Å². The van der Waals surface area contributed by atoms with E-state index in [4.69, 9.17) is 0 Å². The monoisotopic (exact) mass is 492 g/mol. The molecule has 12 heteroatoms. The van der Waals surface area contributed by atoms with Crippen LogP contribution in [-0.2, 0) is 20.0 Å². The van der Waals surface area contributed by atoms with Crippen molar-refractivity contribution in [1.82, 2.24) is 4.98 Å². The van der Waals surface area contributed by atoms with Gasteiger partial charge in [-0.3, -0.25) is 13.8 Å². The summed E-state index contributed by atoms with van der Waals surface area (Å²) in [7, 11) is -7.28. The second kappa shape index (κ2) is 9.51. The summed E-state index contributed by atoms with van der Waals surface area (Å²) in [5, 5.41) is 4.59. The average Bonchev–Trinajstić information content (AvgIpc) is 3.24. The fraction of sp³-hybridized carbons (Fsp3) is 0.100. The SMILES string of the molecule is C=CCN(c1ccc(C(=O)Nc2ccc(S(=O)(=O)Nc3nccs3)cc2)cc1)S(C)(=O)=O. The topological polar surface area (TPSA) is 126 Å². The predicted octanol–water partition coefficient (Wildman–Crippen LogP) is 3.15. The lowest BCUT2D eigenvalue weighted by molar-refractivity contribution is 0.102. The van der Waals surface area contributed by atoms with E-state index in [0.717, 1.165) is 17.6 Å². The van der Waals surface area contributed by atoms with Crippen LogP contribution in [0.3, 0.4) is 0 Å². The molecule has 2 N–H and O–H groups in total. The maximum atomic E-state index is 12.5. The van der Waals surface area contributed by atoms with E-state index in [1.165, 1.54) is 65.1 Å². The summed E-state index contributed by atoms with van der Waals surface area (Å²) in [6, 6.07) is 11.7. The van der Waals surface area contributed by atoms with Gasteiger partial charge in [0.15, 0.2) is 5.13 Å². The third kappa shape index (κ3) is 5.72. The van der Waals surface area contributed by atoms with E-state index in [1.54, 1.807) is 5.38 Å². The highest BCUT2D eigenvalue weighted by Crippen LogP contribution is 2.21. The maximum absolute atomic E-state index is 12.5. The normalized spacial score (nSPS) is 11.5. The Bertz CT molecular complexity index is 1300. The number of hydrogen-bond donors (Lipinski definition) is 2. The van der Waals surface area contributed by atoms with Crippen molar-refractivity contribution in [3.63, 3.8) is 0 Å². The maximum Gasteiger partial charge on any atom is 0.263 e. The Morgan fingerprint density at radius 1 is 1.09 bits per heavy atom. The van der Waals surface area contributed by atoms with Crippen molar-refractivity contribution >= 4 is 53.8 Å². The Morgan fingerprint density at radius 2 is 1.75 bits per heavy atom. The number of nitrogens with zero attached hydrogens (tertiary/aromatic N) is 2. The lowest BCUT2D eigenvalue weighted by Gasteiger charge is -2.20. The van der Waals surface area contributed by atoms with E-state index in [0.29, 0.717) is 16.9 Å². The number of anilines is 3. The molecule has 168 valence electrons. The number of thiazole rings is 1. The molecule has 0 saturated heterocycles. The molecule has 1 aromatic heterocycles. The second-order valence-corrected chi connectivity index (χ2v) is 11.0. The van der Waals surface area contributed by atoms with Gasteiger partial charge in [-0.25, -0.2) is 21.8 Å². The molecule has 0 radical (unpaired) electrons. The van der Waals surface area contributed by atoms with Gasteiger partial charge < -0.3 is 5.32 Å². The highest BCUT2D eigenvalue weighted by atomic mass is 32.2. The lowest BCUT2D eigenvalue weighted by atomic mass is 10.2. The number of carbonyl (C=O) groups is 1. The van der Waals surface area contributed by atoms with Crippen LogP contribution in [0.15, 0.2) is 77.7 Å². The van der Waals surface area contributed by atoms with Gasteiger partial charge in [0.2, 0.25) is 10.0 Å². The molecule has 0 aliphatic heterocycles. The zero-order valence-corrected chi connectivity index (χ0v) is 19.4. The number of rotatable bonds is 9. The number of nitrogens with one attached hydrogen (secondary N) is 2. The summed E-state index contributed by atoms with van der Waals surface area (Å²) < 4.78 is 52.1. The minimum atomic E-state index is -3.79. The first kappa shape index (κ1) is 23.4. The summed E-state index contributed by atoms with van der Waals surface area (Å²) in [5.41, 5.74) is 1.12. The van der Waals surface area contributed by atoms with E-state index in [9.17, 15) is 21.6 Å². The summed E-state index contributed by atoms with van der Waals surface area (Å²) in [5.74, 6) is -0.428. The van der Waals surface area contributed by atoms with Crippen molar-refractivity contribution in [2.24, 2.45) is 0 Å². The van der Waals surface area contributed by atoms with Gasteiger partial charge in [-0.2, -0.15) is 0 Å². The minimum absolute atomic E-state index is 0.0261. The van der Waals surface area contributed by atoms with Gasteiger partial charge in [0.25, 0.3) is 15.9 Å². The molecule has 1 heterocycles. The van der Waals surface area contributed by atoms with Crippen LogP contribution in [0.1, 0.15) is 10.4 Å². The molecule has 0 atom stereocenters. The molecule has 32 heavy (non-hydrogen) atoms. The van der Waals surface area contributed by atoms with Crippen LogP contribution >= 0.6 is 11.3 Å². The van der Waals surface area contributed by atoms with Gasteiger partial charge in [-0.15, -0.1) is 17.9 Å². The molecule has 9 nitrogen and oxygen atoms in total. The molecular formula is C20H20N4O5S3. The highest BCUT2D eigenvalue weighted by molar-refractivity contribution is 7.93. The van der Waals surface area contributed by atoms with Crippen molar-refractivity contribution in [2.45, 2.75) is 4.90 Å². The van der Waals surface area contributed by atoms with E-state index in [2.05, 4.69) is 21.6 Å². The third-order valence-electron chi connectivity index (χ3n) is 4.19. The molecule has 2 aromatic carbocycles. The number of benzene rings is 2. The molecule has 0 aliphatic rings. The van der Waals surface area contributed by atoms with Crippen molar-refractivity contribution in [3.05, 3.63) is 78.3 Å². The fourth-order valence-corrected chi connectivity index (χ4v) is 5.37. The Morgan fingerprint density at radius 3 is 2.28 bits per heavy atom. The zero-order valence-electron chi connectivity index (χ0n) is 16.9. The Kier molecular flexibility index (Phi) is 6.96. The quantitative estimate of drug-likeness (QED) is 0.442. The van der Waals surface area contributed by atoms with Gasteiger partial charge in [0.05, 0.1) is 23.4 Å².